The van der Waals surface area contributed by atoms with E-state index in [0.717, 1.165) is 32.5 Å². The van der Waals surface area contributed by atoms with Crippen LogP contribution in [0.4, 0.5) is 0 Å². The standard InChI is InChI=1S/C17H26N2O2/c1-3-21-16(20)17(2,18)10-6-11-19-12-9-14-7-4-5-8-15(14)13-19/h4-5,7-8H,3,6,9-13,18H2,1-2H3. The molecule has 0 fully saturated rings. The van der Waals surface area contributed by atoms with Crippen LogP contribution in [0.3, 0.4) is 0 Å². The van der Waals surface area contributed by atoms with Crippen molar-refractivity contribution in [2.75, 3.05) is 19.7 Å². The first-order valence-corrected chi connectivity index (χ1v) is 7.78. The van der Waals surface area contributed by atoms with Crippen LogP contribution in [0.15, 0.2) is 24.3 Å². The first-order valence-electron chi connectivity index (χ1n) is 7.78. The molecule has 0 spiro atoms. The summed E-state index contributed by atoms with van der Waals surface area (Å²) in [4.78, 5) is 14.2. The second-order valence-electron chi connectivity index (χ2n) is 6.04. The van der Waals surface area contributed by atoms with Crippen molar-refractivity contribution in [1.29, 1.82) is 0 Å². The highest BCUT2D eigenvalue weighted by atomic mass is 16.5. The Bertz CT molecular complexity index is 485. The lowest BCUT2D eigenvalue weighted by molar-refractivity contribution is -0.149. The van der Waals surface area contributed by atoms with Gasteiger partial charge in [0, 0.05) is 13.1 Å². The summed E-state index contributed by atoms with van der Waals surface area (Å²) in [6.07, 6.45) is 2.67. The normalized spacial score (nSPS) is 17.9. The number of esters is 1. The third-order valence-electron chi connectivity index (χ3n) is 4.12. The van der Waals surface area contributed by atoms with E-state index in [1.54, 1.807) is 13.8 Å². The molecule has 1 heterocycles. The Labute approximate surface area is 127 Å². The van der Waals surface area contributed by atoms with E-state index in [-0.39, 0.29) is 5.97 Å². The third-order valence-corrected chi connectivity index (χ3v) is 4.12. The molecule has 0 amide bonds. The molecule has 1 aliphatic rings. The van der Waals surface area contributed by atoms with Gasteiger partial charge in [-0.3, -0.25) is 9.69 Å². The number of hydrogen-bond acceptors (Lipinski definition) is 4. The lowest BCUT2D eigenvalue weighted by atomic mass is 9.96. The SMILES string of the molecule is CCOC(=O)C(C)(N)CCCN1CCc2ccccc2C1. The molecular formula is C17H26N2O2. The number of benzene rings is 1. The molecule has 0 aliphatic carbocycles. The van der Waals surface area contributed by atoms with Gasteiger partial charge in [-0.05, 0) is 50.8 Å². The first kappa shape index (κ1) is 16.0. The summed E-state index contributed by atoms with van der Waals surface area (Å²) in [6, 6.07) is 8.62. The summed E-state index contributed by atoms with van der Waals surface area (Å²) in [5, 5.41) is 0. The van der Waals surface area contributed by atoms with Crippen LogP contribution in [-0.2, 0) is 22.5 Å². The van der Waals surface area contributed by atoms with E-state index in [0.29, 0.717) is 13.0 Å². The Morgan fingerprint density at radius 2 is 2.10 bits per heavy atom. The van der Waals surface area contributed by atoms with Gasteiger partial charge in [0.25, 0.3) is 0 Å². The average Bonchev–Trinajstić information content (AvgIpc) is 2.47. The van der Waals surface area contributed by atoms with Crippen LogP contribution in [0.25, 0.3) is 0 Å². The highest BCUT2D eigenvalue weighted by Crippen LogP contribution is 2.19. The van der Waals surface area contributed by atoms with E-state index in [9.17, 15) is 4.79 Å². The molecule has 0 saturated heterocycles. The number of carbonyl (C=O) groups is 1. The van der Waals surface area contributed by atoms with Crippen molar-refractivity contribution in [2.24, 2.45) is 5.73 Å². The van der Waals surface area contributed by atoms with E-state index in [4.69, 9.17) is 10.5 Å². The molecule has 0 aromatic heterocycles. The molecule has 4 heteroatoms. The fraction of sp³-hybridized carbons (Fsp3) is 0.588. The quantitative estimate of drug-likeness (QED) is 0.815. The minimum absolute atomic E-state index is 0.297. The van der Waals surface area contributed by atoms with Crippen LogP contribution in [-0.4, -0.2) is 36.1 Å². The van der Waals surface area contributed by atoms with Crippen LogP contribution >= 0.6 is 0 Å². The molecule has 0 bridgehead atoms. The van der Waals surface area contributed by atoms with Crippen molar-refractivity contribution >= 4 is 5.97 Å². The summed E-state index contributed by atoms with van der Waals surface area (Å²) < 4.78 is 5.02. The van der Waals surface area contributed by atoms with E-state index >= 15 is 0 Å². The van der Waals surface area contributed by atoms with Crippen LogP contribution in [0.2, 0.25) is 0 Å². The zero-order valence-electron chi connectivity index (χ0n) is 13.1. The molecule has 1 unspecified atom stereocenters. The molecule has 0 radical (unpaired) electrons. The van der Waals surface area contributed by atoms with Crippen LogP contribution in [0.5, 0.6) is 0 Å². The molecule has 2 N–H and O–H groups in total. The predicted octanol–water partition coefficient (Wildman–Crippen LogP) is 2.11. The smallest absolute Gasteiger partial charge is 0.325 e. The predicted molar refractivity (Wildman–Crippen MR) is 83.9 cm³/mol. The van der Waals surface area contributed by atoms with Gasteiger partial charge in [0.1, 0.15) is 5.54 Å². The lowest BCUT2D eigenvalue weighted by Crippen LogP contribution is -2.46. The topological polar surface area (TPSA) is 55.6 Å². The van der Waals surface area contributed by atoms with E-state index in [2.05, 4.69) is 29.2 Å². The number of fused-ring (bicyclic) bond motifs is 1. The summed E-state index contributed by atoms with van der Waals surface area (Å²) in [6.45, 7) is 7.00. The summed E-state index contributed by atoms with van der Waals surface area (Å²) >= 11 is 0. The zero-order chi connectivity index (χ0) is 15.3. The number of rotatable bonds is 6. The fourth-order valence-corrected chi connectivity index (χ4v) is 2.81. The van der Waals surface area contributed by atoms with E-state index in [1.807, 2.05) is 0 Å². The molecule has 0 saturated carbocycles. The first-order chi connectivity index (χ1) is 10.0. The molecule has 4 nitrogen and oxygen atoms in total. The maximum Gasteiger partial charge on any atom is 0.325 e. The Morgan fingerprint density at radius 1 is 1.38 bits per heavy atom. The Morgan fingerprint density at radius 3 is 2.81 bits per heavy atom. The Balaban J connectivity index is 1.79. The highest BCUT2D eigenvalue weighted by Gasteiger charge is 2.29. The second kappa shape index (κ2) is 7.05. The van der Waals surface area contributed by atoms with Crippen molar-refractivity contribution < 1.29 is 9.53 Å². The minimum Gasteiger partial charge on any atom is -0.465 e. The van der Waals surface area contributed by atoms with Gasteiger partial charge in [0.15, 0.2) is 0 Å². The van der Waals surface area contributed by atoms with Crippen LogP contribution in [0, 0.1) is 0 Å². The summed E-state index contributed by atoms with van der Waals surface area (Å²) in [5.74, 6) is -0.297. The molecule has 2 rings (SSSR count). The van der Waals surface area contributed by atoms with Gasteiger partial charge in [-0.2, -0.15) is 0 Å². The number of hydrogen-bond donors (Lipinski definition) is 1. The summed E-state index contributed by atoms with van der Waals surface area (Å²) in [7, 11) is 0. The van der Waals surface area contributed by atoms with Crippen molar-refractivity contribution in [3.63, 3.8) is 0 Å². The van der Waals surface area contributed by atoms with Gasteiger partial charge in [0.05, 0.1) is 6.61 Å². The monoisotopic (exact) mass is 290 g/mol. The molecular weight excluding hydrogens is 264 g/mol. The number of carbonyl (C=O) groups excluding carboxylic acids is 1. The molecule has 116 valence electrons. The van der Waals surface area contributed by atoms with Crippen molar-refractivity contribution in [1.82, 2.24) is 4.90 Å². The Hall–Kier alpha value is -1.39. The second-order valence-corrected chi connectivity index (χ2v) is 6.04. The van der Waals surface area contributed by atoms with Gasteiger partial charge >= 0.3 is 5.97 Å². The van der Waals surface area contributed by atoms with Gasteiger partial charge in [-0.15, -0.1) is 0 Å². The van der Waals surface area contributed by atoms with Gasteiger partial charge in [0.2, 0.25) is 0 Å². The number of ether oxygens (including phenoxy) is 1. The number of nitrogens with two attached hydrogens (primary N) is 1. The van der Waals surface area contributed by atoms with Gasteiger partial charge in [-0.25, -0.2) is 0 Å². The molecule has 1 aromatic carbocycles. The molecule has 21 heavy (non-hydrogen) atoms. The van der Waals surface area contributed by atoms with E-state index < -0.39 is 5.54 Å². The Kier molecular flexibility index (Phi) is 5.37. The maximum atomic E-state index is 11.7. The summed E-state index contributed by atoms with van der Waals surface area (Å²) in [5.41, 5.74) is 8.06. The molecule has 1 atom stereocenters. The largest absolute Gasteiger partial charge is 0.465 e. The zero-order valence-corrected chi connectivity index (χ0v) is 13.1. The van der Waals surface area contributed by atoms with Crippen LogP contribution < -0.4 is 5.73 Å². The average molecular weight is 290 g/mol. The molecule has 1 aliphatic heterocycles. The highest BCUT2D eigenvalue weighted by molar-refractivity contribution is 5.79. The van der Waals surface area contributed by atoms with Crippen molar-refractivity contribution in [2.45, 2.75) is 45.2 Å². The maximum absolute atomic E-state index is 11.7. The number of nitrogens with zero attached hydrogens (tertiary/aromatic N) is 1. The van der Waals surface area contributed by atoms with Crippen LogP contribution in [0.1, 0.15) is 37.8 Å². The van der Waals surface area contributed by atoms with E-state index in [1.165, 1.54) is 11.1 Å². The fourth-order valence-electron chi connectivity index (χ4n) is 2.81. The third kappa shape index (κ3) is 4.29. The minimum atomic E-state index is -0.871. The van der Waals surface area contributed by atoms with Gasteiger partial charge < -0.3 is 10.5 Å². The van der Waals surface area contributed by atoms with Crippen molar-refractivity contribution in [3.8, 4) is 0 Å². The van der Waals surface area contributed by atoms with Gasteiger partial charge in [-0.1, -0.05) is 24.3 Å². The lowest BCUT2D eigenvalue weighted by Gasteiger charge is -2.30. The van der Waals surface area contributed by atoms with Crippen molar-refractivity contribution in [3.05, 3.63) is 35.4 Å². The molecule has 1 aromatic rings.